The third kappa shape index (κ3) is 2.03. The highest BCUT2D eigenvalue weighted by atomic mass is 35.5. The molecule has 2 N–H and O–H groups in total. The van der Waals surface area contributed by atoms with E-state index in [-0.39, 0.29) is 9.92 Å². The SMILES string of the molecule is Nc1ccc(Cl)c(S(=O)(=O)N2CCCC2)c1. The number of anilines is 1. The Morgan fingerprint density at radius 1 is 1.25 bits per heavy atom. The Kier molecular flexibility index (Phi) is 3.10. The van der Waals surface area contributed by atoms with Crippen LogP contribution in [0, 0.1) is 0 Å². The van der Waals surface area contributed by atoms with Crippen molar-refractivity contribution in [1.29, 1.82) is 0 Å². The highest BCUT2D eigenvalue weighted by Gasteiger charge is 2.28. The average Bonchev–Trinajstić information content (AvgIpc) is 2.75. The van der Waals surface area contributed by atoms with Gasteiger partial charge in [-0.15, -0.1) is 0 Å². The molecule has 0 saturated carbocycles. The van der Waals surface area contributed by atoms with Crippen LogP contribution in [0.2, 0.25) is 5.02 Å². The summed E-state index contributed by atoms with van der Waals surface area (Å²) in [7, 11) is -3.47. The third-order valence-corrected chi connectivity index (χ3v) is 5.02. The Bertz CT molecular complexity index is 496. The first-order valence-corrected chi connectivity index (χ1v) is 6.89. The molecule has 0 spiro atoms. The monoisotopic (exact) mass is 260 g/mol. The van der Waals surface area contributed by atoms with E-state index in [0.29, 0.717) is 18.8 Å². The number of hydrogen-bond acceptors (Lipinski definition) is 3. The van der Waals surface area contributed by atoms with Gasteiger partial charge in [-0.1, -0.05) is 11.6 Å². The number of halogens is 1. The van der Waals surface area contributed by atoms with Crippen molar-refractivity contribution >= 4 is 27.3 Å². The van der Waals surface area contributed by atoms with Crippen LogP contribution >= 0.6 is 11.6 Å². The van der Waals surface area contributed by atoms with Crippen molar-refractivity contribution in [2.75, 3.05) is 18.8 Å². The molecule has 0 radical (unpaired) electrons. The first-order chi connectivity index (χ1) is 7.51. The lowest BCUT2D eigenvalue weighted by atomic mass is 10.3. The largest absolute Gasteiger partial charge is 0.399 e. The summed E-state index contributed by atoms with van der Waals surface area (Å²) in [4.78, 5) is 0.107. The Labute approximate surface area is 100 Å². The molecule has 1 heterocycles. The second-order valence-electron chi connectivity index (χ2n) is 3.80. The van der Waals surface area contributed by atoms with E-state index in [0.717, 1.165) is 12.8 Å². The van der Waals surface area contributed by atoms with Crippen LogP contribution in [0.5, 0.6) is 0 Å². The van der Waals surface area contributed by atoms with E-state index < -0.39 is 10.0 Å². The molecular formula is C10H13ClN2O2S. The number of rotatable bonds is 2. The van der Waals surface area contributed by atoms with E-state index >= 15 is 0 Å². The molecule has 1 fully saturated rings. The van der Waals surface area contributed by atoms with Gasteiger partial charge in [-0.05, 0) is 31.0 Å². The van der Waals surface area contributed by atoms with Crippen LogP contribution < -0.4 is 5.73 Å². The van der Waals surface area contributed by atoms with Gasteiger partial charge in [0.1, 0.15) is 4.90 Å². The Hall–Kier alpha value is -0.780. The molecule has 0 amide bonds. The minimum atomic E-state index is -3.47. The van der Waals surface area contributed by atoms with E-state index in [1.165, 1.54) is 16.4 Å². The first kappa shape index (κ1) is 11.7. The predicted molar refractivity (Wildman–Crippen MR) is 63.9 cm³/mol. The van der Waals surface area contributed by atoms with Gasteiger partial charge in [-0.3, -0.25) is 0 Å². The van der Waals surface area contributed by atoms with Crippen molar-refractivity contribution in [3.63, 3.8) is 0 Å². The van der Waals surface area contributed by atoms with E-state index in [1.807, 2.05) is 0 Å². The smallest absolute Gasteiger partial charge is 0.244 e. The van der Waals surface area contributed by atoms with Gasteiger partial charge in [0.2, 0.25) is 10.0 Å². The van der Waals surface area contributed by atoms with Crippen LogP contribution in [0.25, 0.3) is 0 Å². The maximum Gasteiger partial charge on any atom is 0.244 e. The Balaban J connectivity index is 2.46. The summed E-state index contributed by atoms with van der Waals surface area (Å²) in [5.74, 6) is 0. The van der Waals surface area contributed by atoms with E-state index in [4.69, 9.17) is 17.3 Å². The number of benzene rings is 1. The summed E-state index contributed by atoms with van der Waals surface area (Å²) in [6, 6.07) is 4.52. The molecule has 4 nitrogen and oxygen atoms in total. The lowest BCUT2D eigenvalue weighted by Gasteiger charge is -2.16. The lowest BCUT2D eigenvalue weighted by Crippen LogP contribution is -2.28. The van der Waals surface area contributed by atoms with Gasteiger partial charge in [-0.2, -0.15) is 4.31 Å². The summed E-state index contributed by atoms with van der Waals surface area (Å²) < 4.78 is 25.8. The van der Waals surface area contributed by atoms with Crippen molar-refractivity contribution in [1.82, 2.24) is 4.31 Å². The predicted octanol–water partition coefficient (Wildman–Crippen LogP) is 1.71. The van der Waals surface area contributed by atoms with E-state index in [1.54, 1.807) is 6.07 Å². The fourth-order valence-electron chi connectivity index (χ4n) is 1.79. The molecule has 88 valence electrons. The minimum Gasteiger partial charge on any atom is -0.399 e. The molecule has 16 heavy (non-hydrogen) atoms. The number of nitrogens with two attached hydrogens (primary N) is 1. The fraction of sp³-hybridized carbons (Fsp3) is 0.400. The van der Waals surface area contributed by atoms with Crippen molar-refractivity contribution in [2.45, 2.75) is 17.7 Å². The molecule has 1 aromatic carbocycles. The second kappa shape index (κ2) is 4.24. The molecule has 0 atom stereocenters. The second-order valence-corrected chi connectivity index (χ2v) is 6.11. The number of sulfonamides is 1. The Morgan fingerprint density at radius 3 is 2.50 bits per heavy atom. The molecule has 2 rings (SSSR count). The fourth-order valence-corrected chi connectivity index (χ4v) is 3.81. The molecule has 1 aromatic rings. The summed E-state index contributed by atoms with van der Waals surface area (Å²) in [6.07, 6.45) is 1.80. The highest BCUT2D eigenvalue weighted by Crippen LogP contribution is 2.28. The van der Waals surface area contributed by atoms with Gasteiger partial charge in [0.25, 0.3) is 0 Å². The maximum atomic E-state index is 12.2. The molecule has 0 unspecified atom stereocenters. The van der Waals surface area contributed by atoms with E-state index in [2.05, 4.69) is 0 Å². The standard InChI is InChI=1S/C10H13ClN2O2S/c11-9-4-3-8(12)7-10(9)16(14,15)13-5-1-2-6-13/h3-4,7H,1-2,5-6,12H2. The quantitative estimate of drug-likeness (QED) is 0.824. The van der Waals surface area contributed by atoms with Gasteiger partial charge >= 0.3 is 0 Å². The first-order valence-electron chi connectivity index (χ1n) is 5.07. The molecule has 6 heteroatoms. The number of nitrogens with zero attached hydrogens (tertiary/aromatic N) is 1. The highest BCUT2D eigenvalue weighted by molar-refractivity contribution is 7.89. The van der Waals surface area contributed by atoms with Crippen LogP contribution in [0.3, 0.4) is 0 Å². The number of nitrogen functional groups attached to an aromatic ring is 1. The van der Waals surface area contributed by atoms with Crippen LogP contribution in [0.4, 0.5) is 5.69 Å². The Morgan fingerprint density at radius 2 is 1.88 bits per heavy atom. The van der Waals surface area contributed by atoms with Gasteiger partial charge in [0.15, 0.2) is 0 Å². The molecule has 0 aromatic heterocycles. The van der Waals surface area contributed by atoms with Crippen LogP contribution in [0.15, 0.2) is 23.1 Å². The topological polar surface area (TPSA) is 63.4 Å². The van der Waals surface area contributed by atoms with Crippen molar-refractivity contribution < 1.29 is 8.42 Å². The summed E-state index contributed by atoms with van der Waals surface area (Å²) >= 11 is 5.90. The average molecular weight is 261 g/mol. The van der Waals surface area contributed by atoms with Crippen molar-refractivity contribution in [3.05, 3.63) is 23.2 Å². The molecule has 1 aliphatic rings. The lowest BCUT2D eigenvalue weighted by molar-refractivity contribution is 0.477. The normalized spacial score (nSPS) is 17.8. The van der Waals surface area contributed by atoms with Crippen LogP contribution in [-0.4, -0.2) is 25.8 Å². The van der Waals surface area contributed by atoms with E-state index in [9.17, 15) is 8.42 Å². The van der Waals surface area contributed by atoms with Crippen LogP contribution in [-0.2, 0) is 10.0 Å². The zero-order chi connectivity index (χ0) is 11.8. The minimum absolute atomic E-state index is 0.107. The van der Waals surface area contributed by atoms with Gasteiger partial charge in [-0.25, -0.2) is 8.42 Å². The zero-order valence-electron chi connectivity index (χ0n) is 8.69. The zero-order valence-corrected chi connectivity index (χ0v) is 10.3. The molecule has 1 aliphatic heterocycles. The maximum absolute atomic E-state index is 12.2. The summed E-state index contributed by atoms with van der Waals surface area (Å²) in [5, 5.41) is 0.223. The third-order valence-electron chi connectivity index (χ3n) is 2.64. The van der Waals surface area contributed by atoms with Crippen LogP contribution in [0.1, 0.15) is 12.8 Å². The molecular weight excluding hydrogens is 248 g/mol. The molecule has 0 bridgehead atoms. The summed E-state index contributed by atoms with van der Waals surface area (Å²) in [5.41, 5.74) is 5.99. The van der Waals surface area contributed by atoms with Gasteiger partial charge in [0, 0.05) is 18.8 Å². The summed E-state index contributed by atoms with van der Waals surface area (Å²) in [6.45, 7) is 1.13. The number of hydrogen-bond donors (Lipinski definition) is 1. The van der Waals surface area contributed by atoms with Gasteiger partial charge < -0.3 is 5.73 Å². The molecule has 0 aliphatic carbocycles. The molecule has 1 saturated heterocycles. The van der Waals surface area contributed by atoms with Gasteiger partial charge in [0.05, 0.1) is 5.02 Å². The van der Waals surface area contributed by atoms with Crippen molar-refractivity contribution in [2.24, 2.45) is 0 Å². The van der Waals surface area contributed by atoms with Crippen molar-refractivity contribution in [3.8, 4) is 0 Å².